The van der Waals surface area contributed by atoms with Gasteiger partial charge in [0.15, 0.2) is 0 Å². The maximum atomic E-state index is 11.9. The average Bonchev–Trinajstić information content (AvgIpc) is 2.53. The van der Waals surface area contributed by atoms with Crippen LogP contribution in [0.5, 0.6) is 0 Å². The fourth-order valence-corrected chi connectivity index (χ4v) is 1.97. The third kappa shape index (κ3) is 4.67. The Kier molecular flexibility index (Phi) is 5.43. The summed E-state index contributed by atoms with van der Waals surface area (Å²) in [5, 5.41) is 8.47. The van der Waals surface area contributed by atoms with Gasteiger partial charge >= 0.3 is 5.97 Å². The minimum absolute atomic E-state index is 0.233. The molecule has 1 aliphatic rings. The molecule has 0 saturated heterocycles. The van der Waals surface area contributed by atoms with Gasteiger partial charge in [-0.2, -0.15) is 5.11 Å². The number of unbranched alkanes of at least 4 members (excludes halogenated alkanes) is 1. The Morgan fingerprint density at radius 3 is 2.76 bits per heavy atom. The van der Waals surface area contributed by atoms with Crippen molar-refractivity contribution in [2.75, 3.05) is 0 Å². The number of hydrogen-bond donors (Lipinski definition) is 0. The standard InChI is InChI=1S/C17H20N2O2/c1-2-3-12-16(20)21-17(13-8-5-9-14-17)19-18-15-10-6-4-7-11-15/h4-11,13H,2-3,12,14H2,1H3. The molecule has 0 amide bonds. The highest BCUT2D eigenvalue weighted by Gasteiger charge is 2.31. The minimum Gasteiger partial charge on any atom is -0.431 e. The Labute approximate surface area is 125 Å². The van der Waals surface area contributed by atoms with Crippen molar-refractivity contribution in [1.82, 2.24) is 0 Å². The molecule has 1 atom stereocenters. The van der Waals surface area contributed by atoms with Crippen LogP contribution in [-0.2, 0) is 9.53 Å². The number of allylic oxidation sites excluding steroid dienone is 2. The highest BCUT2D eigenvalue weighted by atomic mass is 16.6. The summed E-state index contributed by atoms with van der Waals surface area (Å²) in [6.07, 6.45) is 10.2. The van der Waals surface area contributed by atoms with Crippen LogP contribution in [0.2, 0.25) is 0 Å². The molecule has 1 unspecified atom stereocenters. The van der Waals surface area contributed by atoms with Gasteiger partial charge in [-0.3, -0.25) is 4.79 Å². The molecule has 110 valence electrons. The molecule has 0 aliphatic heterocycles. The van der Waals surface area contributed by atoms with Gasteiger partial charge in [0.05, 0.1) is 5.69 Å². The van der Waals surface area contributed by atoms with Crippen LogP contribution in [0.3, 0.4) is 0 Å². The lowest BCUT2D eigenvalue weighted by molar-refractivity contribution is -0.155. The number of ether oxygens (including phenoxy) is 1. The molecule has 0 saturated carbocycles. The van der Waals surface area contributed by atoms with Gasteiger partial charge in [0, 0.05) is 12.8 Å². The van der Waals surface area contributed by atoms with Crippen LogP contribution in [0.25, 0.3) is 0 Å². The lowest BCUT2D eigenvalue weighted by atomic mass is 10.1. The van der Waals surface area contributed by atoms with Gasteiger partial charge in [0.2, 0.25) is 5.72 Å². The molecule has 0 radical (unpaired) electrons. The van der Waals surface area contributed by atoms with Gasteiger partial charge in [0.25, 0.3) is 0 Å². The van der Waals surface area contributed by atoms with E-state index in [1.807, 2.05) is 55.5 Å². The number of nitrogens with zero attached hydrogens (tertiary/aromatic N) is 2. The van der Waals surface area contributed by atoms with Crippen molar-refractivity contribution in [2.45, 2.75) is 38.3 Å². The molecule has 0 fully saturated rings. The lowest BCUT2D eigenvalue weighted by Gasteiger charge is -2.25. The van der Waals surface area contributed by atoms with Crippen molar-refractivity contribution >= 4 is 11.7 Å². The summed E-state index contributed by atoms with van der Waals surface area (Å²) < 4.78 is 5.57. The number of esters is 1. The monoisotopic (exact) mass is 284 g/mol. The number of rotatable bonds is 6. The smallest absolute Gasteiger partial charge is 0.308 e. The maximum Gasteiger partial charge on any atom is 0.308 e. The van der Waals surface area contributed by atoms with Crippen LogP contribution < -0.4 is 0 Å². The first-order valence-corrected chi connectivity index (χ1v) is 7.28. The minimum atomic E-state index is -1.00. The first-order valence-electron chi connectivity index (χ1n) is 7.28. The molecule has 2 rings (SSSR count). The van der Waals surface area contributed by atoms with Gasteiger partial charge in [-0.15, -0.1) is 5.11 Å². The van der Waals surface area contributed by atoms with Crippen LogP contribution in [0, 0.1) is 0 Å². The molecule has 0 N–H and O–H groups in total. The lowest BCUT2D eigenvalue weighted by Crippen LogP contribution is -2.31. The second-order valence-electron chi connectivity index (χ2n) is 4.95. The summed E-state index contributed by atoms with van der Waals surface area (Å²) in [6.45, 7) is 2.04. The fourth-order valence-electron chi connectivity index (χ4n) is 1.97. The molecular weight excluding hydrogens is 264 g/mol. The Balaban J connectivity index is 2.10. The number of benzene rings is 1. The SMILES string of the molecule is CCCCC(=O)OC1(N=Nc2ccccc2)C=CC=CC1. The molecule has 1 aromatic carbocycles. The molecule has 21 heavy (non-hydrogen) atoms. The Morgan fingerprint density at radius 2 is 2.10 bits per heavy atom. The second kappa shape index (κ2) is 7.53. The van der Waals surface area contributed by atoms with E-state index in [2.05, 4.69) is 10.2 Å². The van der Waals surface area contributed by atoms with Crippen LogP contribution in [0.4, 0.5) is 5.69 Å². The molecule has 1 aromatic rings. The number of azo groups is 1. The van der Waals surface area contributed by atoms with E-state index in [9.17, 15) is 4.79 Å². The zero-order valence-corrected chi connectivity index (χ0v) is 12.2. The largest absolute Gasteiger partial charge is 0.431 e. The predicted molar refractivity (Wildman–Crippen MR) is 82.2 cm³/mol. The quantitative estimate of drug-likeness (QED) is 0.560. The molecule has 0 heterocycles. The summed E-state index contributed by atoms with van der Waals surface area (Å²) in [7, 11) is 0. The predicted octanol–water partition coefficient (Wildman–Crippen LogP) is 4.72. The highest BCUT2D eigenvalue weighted by molar-refractivity contribution is 5.70. The zero-order chi connectivity index (χ0) is 15.0. The van der Waals surface area contributed by atoms with Gasteiger partial charge in [-0.25, -0.2) is 0 Å². The summed E-state index contributed by atoms with van der Waals surface area (Å²) in [4.78, 5) is 11.9. The fraction of sp³-hybridized carbons (Fsp3) is 0.353. The van der Waals surface area contributed by atoms with Crippen molar-refractivity contribution in [2.24, 2.45) is 10.2 Å². The van der Waals surface area contributed by atoms with E-state index in [1.165, 1.54) is 0 Å². The molecular formula is C17H20N2O2. The van der Waals surface area contributed by atoms with Crippen molar-refractivity contribution < 1.29 is 9.53 Å². The van der Waals surface area contributed by atoms with Crippen molar-refractivity contribution in [3.63, 3.8) is 0 Å². The molecule has 0 bridgehead atoms. The van der Waals surface area contributed by atoms with Crippen LogP contribution in [0.15, 0.2) is 64.9 Å². The summed E-state index contributed by atoms with van der Waals surface area (Å²) in [6, 6.07) is 9.43. The third-order valence-electron chi connectivity index (χ3n) is 3.13. The summed E-state index contributed by atoms with van der Waals surface area (Å²) in [5.74, 6) is -0.233. The van der Waals surface area contributed by atoms with E-state index < -0.39 is 5.72 Å². The van der Waals surface area contributed by atoms with Crippen LogP contribution in [0.1, 0.15) is 32.6 Å². The molecule has 0 spiro atoms. The molecule has 4 nitrogen and oxygen atoms in total. The Morgan fingerprint density at radius 1 is 1.29 bits per heavy atom. The van der Waals surface area contributed by atoms with Crippen molar-refractivity contribution in [1.29, 1.82) is 0 Å². The zero-order valence-electron chi connectivity index (χ0n) is 12.2. The highest BCUT2D eigenvalue weighted by Crippen LogP contribution is 2.27. The van der Waals surface area contributed by atoms with Crippen molar-refractivity contribution in [3.8, 4) is 0 Å². The summed E-state index contributed by atoms with van der Waals surface area (Å²) in [5.41, 5.74) is -0.264. The Hall–Kier alpha value is -2.23. The van der Waals surface area contributed by atoms with Gasteiger partial charge in [0.1, 0.15) is 0 Å². The maximum absolute atomic E-state index is 11.9. The number of carbonyl (C=O) groups excluding carboxylic acids is 1. The molecule has 4 heteroatoms. The molecule has 1 aliphatic carbocycles. The summed E-state index contributed by atoms with van der Waals surface area (Å²) >= 11 is 0. The first kappa shape index (κ1) is 15.2. The van der Waals surface area contributed by atoms with Gasteiger partial charge < -0.3 is 4.74 Å². The first-order chi connectivity index (χ1) is 10.2. The van der Waals surface area contributed by atoms with E-state index >= 15 is 0 Å². The number of carbonyl (C=O) groups is 1. The van der Waals surface area contributed by atoms with Gasteiger partial charge in [-0.05, 0) is 24.6 Å². The van der Waals surface area contributed by atoms with Gasteiger partial charge in [-0.1, -0.05) is 49.8 Å². The van der Waals surface area contributed by atoms with Crippen LogP contribution in [-0.4, -0.2) is 11.7 Å². The van der Waals surface area contributed by atoms with E-state index in [0.717, 1.165) is 18.5 Å². The topological polar surface area (TPSA) is 51.0 Å². The third-order valence-corrected chi connectivity index (χ3v) is 3.13. The molecule has 0 aromatic heterocycles. The van der Waals surface area contributed by atoms with E-state index in [1.54, 1.807) is 6.08 Å². The second-order valence-corrected chi connectivity index (χ2v) is 4.95. The number of hydrogen-bond acceptors (Lipinski definition) is 4. The van der Waals surface area contributed by atoms with Crippen LogP contribution >= 0.6 is 0 Å². The van der Waals surface area contributed by atoms with Crippen molar-refractivity contribution in [3.05, 3.63) is 54.6 Å². The van der Waals surface area contributed by atoms with E-state index in [0.29, 0.717) is 12.8 Å². The van der Waals surface area contributed by atoms with E-state index in [4.69, 9.17) is 4.74 Å². The van der Waals surface area contributed by atoms with E-state index in [-0.39, 0.29) is 5.97 Å². The average molecular weight is 284 g/mol. The normalized spacial score (nSPS) is 20.8. The Bertz CT molecular complexity index is 549.